The van der Waals surface area contributed by atoms with Gasteiger partial charge in [-0.1, -0.05) is 27.7 Å². The van der Waals surface area contributed by atoms with E-state index in [0.29, 0.717) is 40.8 Å². The maximum absolute atomic E-state index is 13.5. The average molecular weight is 546 g/mol. The number of hydrogen-bond acceptors (Lipinski definition) is 6. The molecule has 2 N–H and O–H groups in total. The summed E-state index contributed by atoms with van der Waals surface area (Å²) in [6.07, 6.45) is 2.25. The maximum Gasteiger partial charge on any atom is 0.341 e. The molecule has 0 aromatic heterocycles. The van der Waals surface area contributed by atoms with E-state index in [-0.39, 0.29) is 28.1 Å². The Labute approximate surface area is 214 Å². The Morgan fingerprint density at radius 1 is 1.00 bits per heavy atom. The Balaban J connectivity index is 1.90. The molecule has 1 heterocycles. The number of rotatable bonds is 6. The molecule has 1 aliphatic heterocycles. The minimum atomic E-state index is -1.10. The molecule has 0 saturated heterocycles. The van der Waals surface area contributed by atoms with Crippen LogP contribution in [-0.2, 0) is 14.4 Å². The summed E-state index contributed by atoms with van der Waals surface area (Å²) >= 11 is 3.51. The second kappa shape index (κ2) is 9.12. The van der Waals surface area contributed by atoms with Crippen LogP contribution in [0.3, 0.4) is 0 Å². The number of aliphatic carboxylic acids is 1. The highest BCUT2D eigenvalue weighted by Gasteiger charge is 2.46. The fourth-order valence-electron chi connectivity index (χ4n) is 5.51. The lowest BCUT2D eigenvalue weighted by atomic mass is 9.64. The van der Waals surface area contributed by atoms with Gasteiger partial charge in [0.15, 0.2) is 29.7 Å². The number of carbonyl (C=O) groups is 3. The fourth-order valence-corrected chi connectivity index (χ4v) is 6.09. The third-order valence-corrected chi connectivity index (χ3v) is 7.31. The lowest BCUT2D eigenvalue weighted by Crippen LogP contribution is -2.42. The topological polar surface area (TPSA) is 102 Å². The summed E-state index contributed by atoms with van der Waals surface area (Å²) in [5.74, 6) is -0.887. The Bertz CT molecular complexity index is 1120. The molecular weight excluding hydrogens is 514 g/mol. The second-order valence-electron chi connectivity index (χ2n) is 11.2. The van der Waals surface area contributed by atoms with Crippen molar-refractivity contribution >= 4 is 33.5 Å². The van der Waals surface area contributed by atoms with Crippen molar-refractivity contribution in [1.82, 2.24) is 5.32 Å². The monoisotopic (exact) mass is 545 g/mol. The average Bonchev–Trinajstić information content (AvgIpc) is 2.69. The van der Waals surface area contributed by atoms with Gasteiger partial charge in [-0.15, -0.1) is 0 Å². The summed E-state index contributed by atoms with van der Waals surface area (Å²) in [5.41, 5.74) is 3.46. The molecule has 3 aliphatic rings. The largest absolute Gasteiger partial charge is 0.490 e. The highest BCUT2D eigenvalue weighted by Crippen LogP contribution is 2.52. The molecule has 0 saturated carbocycles. The number of ether oxygens (including phenoxy) is 2. The molecule has 0 spiro atoms. The molecule has 4 rings (SSSR count). The van der Waals surface area contributed by atoms with E-state index in [2.05, 4.69) is 48.9 Å². The van der Waals surface area contributed by atoms with E-state index in [1.165, 1.54) is 0 Å². The molecule has 35 heavy (non-hydrogen) atoms. The van der Waals surface area contributed by atoms with Crippen LogP contribution in [0.2, 0.25) is 0 Å². The molecule has 2 aliphatic carbocycles. The molecule has 0 unspecified atom stereocenters. The first-order valence-electron chi connectivity index (χ1n) is 11.9. The summed E-state index contributed by atoms with van der Waals surface area (Å²) in [4.78, 5) is 38.1. The van der Waals surface area contributed by atoms with E-state index in [0.717, 1.165) is 29.8 Å². The molecule has 7 nitrogen and oxygen atoms in total. The Morgan fingerprint density at radius 3 is 2.03 bits per heavy atom. The Hall–Kier alpha value is -2.61. The van der Waals surface area contributed by atoms with Gasteiger partial charge in [0.25, 0.3) is 0 Å². The highest BCUT2D eigenvalue weighted by atomic mass is 79.9. The van der Waals surface area contributed by atoms with Gasteiger partial charge < -0.3 is 19.9 Å². The van der Waals surface area contributed by atoms with Crippen molar-refractivity contribution < 1.29 is 29.0 Å². The summed E-state index contributed by atoms with van der Waals surface area (Å²) in [6, 6.07) is 3.59. The van der Waals surface area contributed by atoms with Gasteiger partial charge >= 0.3 is 5.97 Å². The van der Waals surface area contributed by atoms with Crippen LogP contribution in [0, 0.1) is 10.8 Å². The van der Waals surface area contributed by atoms with Crippen molar-refractivity contribution in [2.24, 2.45) is 10.8 Å². The molecule has 1 aromatic rings. The number of carboxylic acids is 1. The van der Waals surface area contributed by atoms with Crippen LogP contribution in [0.4, 0.5) is 0 Å². The highest BCUT2D eigenvalue weighted by molar-refractivity contribution is 9.10. The molecule has 1 aromatic carbocycles. The number of dihydropyridines is 1. The zero-order valence-corrected chi connectivity index (χ0v) is 22.4. The van der Waals surface area contributed by atoms with E-state index >= 15 is 0 Å². The third kappa shape index (κ3) is 5.03. The van der Waals surface area contributed by atoms with Crippen molar-refractivity contribution in [3.8, 4) is 11.5 Å². The number of carboxylic acid groups (broad SMARTS) is 1. The molecule has 8 heteroatoms. The number of allylic oxidation sites excluding steroid dienone is 4. The van der Waals surface area contributed by atoms with E-state index in [4.69, 9.17) is 14.6 Å². The smallest absolute Gasteiger partial charge is 0.341 e. The molecule has 188 valence electrons. The maximum atomic E-state index is 13.5. The van der Waals surface area contributed by atoms with Crippen LogP contribution >= 0.6 is 15.9 Å². The molecule has 0 fully saturated rings. The number of nitrogens with one attached hydrogen (secondary N) is 1. The number of carbonyl (C=O) groups excluding carboxylic acids is 2. The summed E-state index contributed by atoms with van der Waals surface area (Å²) < 4.78 is 11.8. The molecule has 0 amide bonds. The number of ketones is 2. The minimum absolute atomic E-state index is 0.0400. The van der Waals surface area contributed by atoms with Gasteiger partial charge in [0.1, 0.15) is 0 Å². The van der Waals surface area contributed by atoms with E-state index in [1.807, 2.05) is 13.0 Å². The van der Waals surface area contributed by atoms with Crippen molar-refractivity contribution in [2.75, 3.05) is 13.2 Å². The number of hydrogen-bond donors (Lipinski definition) is 2. The second-order valence-corrected chi connectivity index (χ2v) is 12.0. The summed E-state index contributed by atoms with van der Waals surface area (Å²) in [5, 5.41) is 12.6. The zero-order valence-electron chi connectivity index (χ0n) is 20.8. The van der Waals surface area contributed by atoms with Gasteiger partial charge in [-0.05, 0) is 64.2 Å². The van der Waals surface area contributed by atoms with E-state index < -0.39 is 18.5 Å². The SMILES string of the molecule is CCOc1cc(C2C3=C(CC(C)(C)CC3=O)NC3=C2C(=O)CC(C)(C)C3)cc(Br)c1OCC(=O)O. The lowest BCUT2D eigenvalue weighted by Gasteiger charge is -2.44. The summed E-state index contributed by atoms with van der Waals surface area (Å²) in [7, 11) is 0. The van der Waals surface area contributed by atoms with Crippen molar-refractivity contribution in [2.45, 2.75) is 66.2 Å². The first-order valence-corrected chi connectivity index (χ1v) is 12.7. The predicted octanol–water partition coefficient (Wildman–Crippen LogP) is 5.28. The number of halogens is 1. The van der Waals surface area contributed by atoms with Crippen molar-refractivity contribution in [1.29, 1.82) is 0 Å². The van der Waals surface area contributed by atoms with Crippen LogP contribution in [0.25, 0.3) is 0 Å². The lowest BCUT2D eigenvalue weighted by molar-refractivity contribution is -0.139. The van der Waals surface area contributed by atoms with Crippen LogP contribution in [-0.4, -0.2) is 35.9 Å². The quantitative estimate of drug-likeness (QED) is 0.500. The fraction of sp³-hybridized carbons (Fsp3) is 0.519. The molecular formula is C27H32BrNO6. The van der Waals surface area contributed by atoms with Gasteiger partial charge in [0.2, 0.25) is 0 Å². The van der Waals surface area contributed by atoms with Gasteiger partial charge in [0.05, 0.1) is 11.1 Å². The van der Waals surface area contributed by atoms with E-state index in [1.54, 1.807) is 6.07 Å². The van der Waals surface area contributed by atoms with Crippen molar-refractivity contribution in [3.63, 3.8) is 0 Å². The van der Waals surface area contributed by atoms with Gasteiger partial charge in [0, 0.05) is 41.3 Å². The number of benzene rings is 1. The van der Waals surface area contributed by atoms with Crippen LogP contribution in [0.1, 0.15) is 71.8 Å². The number of Topliss-reactive ketones (excluding diaryl/α,β-unsaturated/α-hetero) is 2. The van der Waals surface area contributed by atoms with Crippen LogP contribution in [0.15, 0.2) is 39.1 Å². The van der Waals surface area contributed by atoms with Gasteiger partial charge in [-0.25, -0.2) is 4.79 Å². The normalized spacial score (nSPS) is 21.3. The van der Waals surface area contributed by atoms with Crippen LogP contribution in [0.5, 0.6) is 11.5 Å². The zero-order chi connectivity index (χ0) is 25.7. The van der Waals surface area contributed by atoms with Crippen molar-refractivity contribution in [3.05, 3.63) is 44.7 Å². The summed E-state index contributed by atoms with van der Waals surface area (Å²) in [6.45, 7) is 10.00. The third-order valence-electron chi connectivity index (χ3n) is 6.72. The molecule has 0 atom stereocenters. The molecule has 0 bridgehead atoms. The van der Waals surface area contributed by atoms with Gasteiger partial charge in [-0.3, -0.25) is 9.59 Å². The first kappa shape index (κ1) is 25.5. The van der Waals surface area contributed by atoms with Crippen LogP contribution < -0.4 is 14.8 Å². The van der Waals surface area contributed by atoms with Gasteiger partial charge in [-0.2, -0.15) is 0 Å². The minimum Gasteiger partial charge on any atom is -0.490 e. The Kier molecular flexibility index (Phi) is 6.64. The predicted molar refractivity (Wildman–Crippen MR) is 134 cm³/mol. The first-order chi connectivity index (χ1) is 16.3. The van der Waals surface area contributed by atoms with E-state index in [9.17, 15) is 14.4 Å². The Morgan fingerprint density at radius 2 is 1.54 bits per heavy atom. The molecule has 0 radical (unpaired) electrons. The standard InChI is InChI=1S/C27H32BrNO6/c1-6-34-20-8-14(7-15(28)25(20)35-13-21(32)33)22-23-16(9-26(2,3)11-18(23)30)29-17-10-27(4,5)12-19(31)24(17)22/h7-8,22,29H,6,9-13H2,1-5H3,(H,32,33).